The van der Waals surface area contributed by atoms with E-state index in [1.165, 1.54) is 49.8 Å². The van der Waals surface area contributed by atoms with E-state index in [0.717, 1.165) is 6.61 Å². The zero-order chi connectivity index (χ0) is 11.4. The van der Waals surface area contributed by atoms with Gasteiger partial charge in [-0.15, -0.1) is 0 Å². The van der Waals surface area contributed by atoms with Crippen molar-refractivity contribution < 1.29 is 21.6 Å². The van der Waals surface area contributed by atoms with Crippen LogP contribution >= 0.6 is 0 Å². The molecule has 0 spiro atoms. The molecule has 1 rings (SSSR count). The highest BCUT2D eigenvalue weighted by atomic mass is 35.5. The number of halogens is 1. The summed E-state index contributed by atoms with van der Waals surface area (Å²) >= 11 is 0. The van der Waals surface area contributed by atoms with E-state index in [2.05, 4.69) is 27.7 Å². The Morgan fingerprint density at radius 3 is 1.75 bits per heavy atom. The van der Waals surface area contributed by atoms with E-state index in [1.807, 2.05) is 0 Å². The van der Waals surface area contributed by atoms with Crippen molar-refractivity contribution in [1.29, 1.82) is 0 Å². The van der Waals surface area contributed by atoms with Gasteiger partial charge in [0.2, 0.25) is 5.72 Å². The molecule has 0 N–H and O–H groups in total. The van der Waals surface area contributed by atoms with Crippen LogP contribution in [0.25, 0.3) is 0 Å². The van der Waals surface area contributed by atoms with Crippen molar-refractivity contribution in [2.75, 3.05) is 26.2 Å². The molecule has 1 fully saturated rings. The van der Waals surface area contributed by atoms with Crippen molar-refractivity contribution in [2.24, 2.45) is 0 Å². The average Bonchev–Trinajstić information content (AvgIpc) is 2.99. The van der Waals surface area contributed by atoms with Gasteiger partial charge in [0.25, 0.3) is 0 Å². The van der Waals surface area contributed by atoms with Crippen LogP contribution in [0.1, 0.15) is 53.4 Å². The lowest BCUT2D eigenvalue weighted by Gasteiger charge is -2.41. The van der Waals surface area contributed by atoms with Gasteiger partial charge >= 0.3 is 0 Å². The highest BCUT2D eigenvalue weighted by molar-refractivity contribution is 4.78. The van der Waals surface area contributed by atoms with Crippen LogP contribution in [-0.2, 0) is 4.74 Å². The predicted molar refractivity (Wildman–Crippen MR) is 64.7 cm³/mol. The van der Waals surface area contributed by atoms with Crippen molar-refractivity contribution in [1.82, 2.24) is 0 Å². The van der Waals surface area contributed by atoms with Crippen LogP contribution in [0.5, 0.6) is 0 Å². The molecule has 98 valence electrons. The molecule has 1 heterocycles. The number of quaternary nitrogens is 1. The third-order valence-electron chi connectivity index (χ3n) is 4.05. The third kappa shape index (κ3) is 3.35. The minimum absolute atomic E-state index is 0. The number of unbranched alkanes of at least 4 members (excludes halogenated alkanes) is 2. The largest absolute Gasteiger partial charge is 1.00 e. The summed E-state index contributed by atoms with van der Waals surface area (Å²) in [5, 5.41) is 0. The van der Waals surface area contributed by atoms with Crippen molar-refractivity contribution >= 4 is 0 Å². The molecular weight excluding hydrogens is 222 g/mol. The summed E-state index contributed by atoms with van der Waals surface area (Å²) in [6.07, 6.45) is 5.25. The first-order valence-electron chi connectivity index (χ1n) is 6.64. The Morgan fingerprint density at radius 2 is 1.50 bits per heavy atom. The van der Waals surface area contributed by atoms with E-state index in [1.54, 1.807) is 0 Å². The number of epoxide rings is 1. The topological polar surface area (TPSA) is 12.5 Å². The van der Waals surface area contributed by atoms with Gasteiger partial charge in [-0.25, -0.2) is 0 Å². The number of ether oxygens (including phenoxy) is 1. The molecule has 2 nitrogen and oxygen atoms in total. The number of hydrogen-bond acceptors (Lipinski definition) is 1. The maximum atomic E-state index is 5.72. The molecular formula is C13H28ClNO. The number of rotatable bonds is 8. The van der Waals surface area contributed by atoms with E-state index in [-0.39, 0.29) is 18.1 Å². The average molecular weight is 250 g/mol. The number of nitrogens with zero attached hydrogens (tertiary/aromatic N) is 1. The summed E-state index contributed by atoms with van der Waals surface area (Å²) in [6, 6.07) is 0. The Bertz CT molecular complexity index is 184. The molecule has 1 aliphatic heterocycles. The van der Waals surface area contributed by atoms with Gasteiger partial charge in [0.1, 0.15) is 6.61 Å². The zero-order valence-corrected chi connectivity index (χ0v) is 12.1. The fourth-order valence-corrected chi connectivity index (χ4v) is 2.54. The van der Waals surface area contributed by atoms with Crippen molar-refractivity contribution in [3.05, 3.63) is 0 Å². The first-order valence-corrected chi connectivity index (χ1v) is 6.64. The molecule has 1 saturated heterocycles. The van der Waals surface area contributed by atoms with Crippen LogP contribution in [0, 0.1) is 0 Å². The first kappa shape index (κ1) is 16.2. The molecule has 1 atom stereocenters. The Labute approximate surface area is 107 Å². The Morgan fingerprint density at radius 1 is 1.06 bits per heavy atom. The quantitative estimate of drug-likeness (QED) is 0.442. The second-order valence-electron chi connectivity index (χ2n) is 5.08. The molecule has 0 aromatic carbocycles. The van der Waals surface area contributed by atoms with E-state index >= 15 is 0 Å². The second-order valence-corrected chi connectivity index (χ2v) is 5.08. The molecule has 16 heavy (non-hydrogen) atoms. The molecule has 0 radical (unpaired) electrons. The number of likely N-dealkylation sites (N-methyl/N-ethyl adjacent to an activating group) is 1. The zero-order valence-electron chi connectivity index (χ0n) is 11.4. The van der Waals surface area contributed by atoms with Crippen LogP contribution in [0.15, 0.2) is 0 Å². The van der Waals surface area contributed by atoms with E-state index in [9.17, 15) is 0 Å². The molecule has 0 saturated carbocycles. The van der Waals surface area contributed by atoms with E-state index in [0.29, 0.717) is 0 Å². The lowest BCUT2D eigenvalue weighted by Crippen LogP contribution is -3.00. The van der Waals surface area contributed by atoms with Crippen LogP contribution in [0.4, 0.5) is 0 Å². The van der Waals surface area contributed by atoms with Crippen LogP contribution in [-0.4, -0.2) is 36.4 Å². The molecule has 0 amide bonds. The molecule has 1 aliphatic rings. The Kier molecular flexibility index (Phi) is 6.92. The van der Waals surface area contributed by atoms with Gasteiger partial charge in [-0.2, -0.15) is 0 Å². The van der Waals surface area contributed by atoms with Gasteiger partial charge in [0.05, 0.1) is 19.6 Å². The van der Waals surface area contributed by atoms with Gasteiger partial charge in [-0.05, 0) is 19.8 Å². The molecule has 1 unspecified atom stereocenters. The maximum Gasteiger partial charge on any atom is 0.224 e. The highest BCUT2D eigenvalue weighted by Gasteiger charge is 2.57. The Balaban J connectivity index is 0.00000225. The number of hydrogen-bond donors (Lipinski definition) is 0. The van der Waals surface area contributed by atoms with Gasteiger partial charge in [-0.1, -0.05) is 26.7 Å². The highest BCUT2D eigenvalue weighted by Crippen LogP contribution is 2.38. The van der Waals surface area contributed by atoms with Crippen LogP contribution in [0.3, 0.4) is 0 Å². The summed E-state index contributed by atoms with van der Waals surface area (Å²) in [4.78, 5) is 0. The van der Waals surface area contributed by atoms with E-state index < -0.39 is 0 Å². The van der Waals surface area contributed by atoms with Gasteiger partial charge in [0, 0.05) is 6.92 Å². The summed E-state index contributed by atoms with van der Waals surface area (Å²) in [6.45, 7) is 13.9. The molecule has 0 aliphatic carbocycles. The minimum Gasteiger partial charge on any atom is -1.00 e. The van der Waals surface area contributed by atoms with Crippen LogP contribution < -0.4 is 12.4 Å². The summed E-state index contributed by atoms with van der Waals surface area (Å²) in [5.74, 6) is 0. The first-order chi connectivity index (χ1) is 7.14. The normalized spacial score (nSPS) is 24.0. The molecule has 0 aromatic heterocycles. The lowest BCUT2D eigenvalue weighted by molar-refractivity contribution is -0.969. The third-order valence-corrected chi connectivity index (χ3v) is 4.05. The monoisotopic (exact) mass is 249 g/mol. The van der Waals surface area contributed by atoms with Gasteiger partial charge < -0.3 is 17.1 Å². The van der Waals surface area contributed by atoms with Crippen molar-refractivity contribution in [2.45, 2.75) is 59.1 Å². The molecule has 0 bridgehead atoms. The standard InChI is InChI=1S/C13H28NO.ClH/c1-5-8-10-14(7-3,11-9-6-2)13(4)12-15-13;/h5-12H2,1-4H3;1H/q+1;/p-1. The smallest absolute Gasteiger partial charge is 0.224 e. The van der Waals surface area contributed by atoms with E-state index in [4.69, 9.17) is 4.74 Å². The Hall–Kier alpha value is 0.210. The lowest BCUT2D eigenvalue weighted by atomic mass is 10.1. The summed E-state index contributed by atoms with van der Waals surface area (Å²) < 4.78 is 6.91. The van der Waals surface area contributed by atoms with Crippen molar-refractivity contribution in [3.63, 3.8) is 0 Å². The maximum absolute atomic E-state index is 5.72. The van der Waals surface area contributed by atoms with Crippen molar-refractivity contribution in [3.8, 4) is 0 Å². The molecule has 3 heteroatoms. The summed E-state index contributed by atoms with van der Waals surface area (Å²) in [7, 11) is 0. The molecule has 0 aromatic rings. The SMILES string of the molecule is CCCC[N+](CC)(CCCC)C1(C)CO1.[Cl-]. The van der Waals surface area contributed by atoms with Gasteiger partial charge in [0.15, 0.2) is 0 Å². The van der Waals surface area contributed by atoms with Gasteiger partial charge in [-0.3, -0.25) is 4.48 Å². The minimum atomic E-state index is 0. The second kappa shape index (κ2) is 6.83. The fourth-order valence-electron chi connectivity index (χ4n) is 2.54. The summed E-state index contributed by atoms with van der Waals surface area (Å²) in [5.41, 5.74) is 0.152. The predicted octanol–water partition coefficient (Wildman–Crippen LogP) is 0.174. The fraction of sp³-hybridized carbons (Fsp3) is 1.00. The van der Waals surface area contributed by atoms with Crippen LogP contribution in [0.2, 0.25) is 0 Å².